The first kappa shape index (κ1) is 12.4. The second kappa shape index (κ2) is 4.90. The smallest absolute Gasteiger partial charge is 0.191 e. The van der Waals surface area contributed by atoms with E-state index in [1.54, 1.807) is 6.92 Å². The normalized spacial score (nSPS) is 12.7. The molecule has 1 atom stereocenters. The summed E-state index contributed by atoms with van der Waals surface area (Å²) in [6.07, 6.45) is 0.334. The summed E-state index contributed by atoms with van der Waals surface area (Å²) < 4.78 is 31.8. The van der Waals surface area contributed by atoms with Gasteiger partial charge in [-0.2, -0.15) is 0 Å². The Balaban J connectivity index is 3.24. The maximum atomic E-state index is 13.6. The molecule has 5 heteroatoms. The van der Waals surface area contributed by atoms with Crippen LogP contribution in [-0.2, 0) is 6.42 Å². The van der Waals surface area contributed by atoms with Crippen molar-refractivity contribution >= 4 is 15.9 Å². The fourth-order valence-corrected chi connectivity index (χ4v) is 1.76. The summed E-state index contributed by atoms with van der Waals surface area (Å²) in [5.41, 5.74) is 5.90. The molecule has 0 radical (unpaired) electrons. The Labute approximate surface area is 95.5 Å². The van der Waals surface area contributed by atoms with Crippen molar-refractivity contribution in [1.82, 2.24) is 0 Å². The van der Waals surface area contributed by atoms with Crippen LogP contribution in [0.1, 0.15) is 12.5 Å². The van der Waals surface area contributed by atoms with E-state index in [4.69, 9.17) is 5.73 Å². The first-order chi connectivity index (χ1) is 6.97. The molecule has 1 rings (SSSR count). The predicted octanol–water partition coefficient (Wildman–Crippen LogP) is 2.63. The number of methoxy groups -OCH3 is 1. The lowest BCUT2D eigenvalue weighted by Crippen LogP contribution is -2.19. The second-order valence-corrected chi connectivity index (χ2v) is 4.21. The van der Waals surface area contributed by atoms with Crippen molar-refractivity contribution in [1.29, 1.82) is 0 Å². The molecule has 0 amide bonds. The highest BCUT2D eigenvalue weighted by atomic mass is 79.9. The number of rotatable bonds is 3. The van der Waals surface area contributed by atoms with Crippen molar-refractivity contribution in [2.24, 2.45) is 5.73 Å². The molecule has 2 nitrogen and oxygen atoms in total. The van der Waals surface area contributed by atoms with Gasteiger partial charge in [0.25, 0.3) is 0 Å². The molecule has 84 valence electrons. The van der Waals surface area contributed by atoms with Gasteiger partial charge in [-0.05, 0) is 40.9 Å². The summed E-state index contributed by atoms with van der Waals surface area (Å²) in [6, 6.07) is 1.19. The van der Waals surface area contributed by atoms with E-state index < -0.39 is 11.6 Å². The lowest BCUT2D eigenvalue weighted by atomic mass is 10.1. The highest BCUT2D eigenvalue weighted by molar-refractivity contribution is 9.10. The molecule has 0 bridgehead atoms. The topological polar surface area (TPSA) is 35.2 Å². The Kier molecular flexibility index (Phi) is 4.04. The van der Waals surface area contributed by atoms with Gasteiger partial charge in [-0.3, -0.25) is 0 Å². The minimum atomic E-state index is -0.733. The van der Waals surface area contributed by atoms with E-state index in [9.17, 15) is 8.78 Å². The summed E-state index contributed by atoms with van der Waals surface area (Å²) in [5.74, 6) is -1.79. The minimum Gasteiger partial charge on any atom is -0.491 e. The zero-order chi connectivity index (χ0) is 11.6. The Hall–Kier alpha value is -0.680. The van der Waals surface area contributed by atoms with Crippen molar-refractivity contribution in [3.05, 3.63) is 27.7 Å². The molecule has 0 aromatic heterocycles. The van der Waals surface area contributed by atoms with Gasteiger partial charge in [0.05, 0.1) is 11.6 Å². The Morgan fingerprint density at radius 1 is 1.47 bits per heavy atom. The molecule has 0 aliphatic rings. The van der Waals surface area contributed by atoms with Crippen LogP contribution < -0.4 is 10.5 Å². The molecule has 0 saturated carbocycles. The van der Waals surface area contributed by atoms with E-state index in [1.165, 1.54) is 13.2 Å². The van der Waals surface area contributed by atoms with Crippen molar-refractivity contribution < 1.29 is 13.5 Å². The molecule has 1 aromatic carbocycles. The van der Waals surface area contributed by atoms with E-state index in [0.29, 0.717) is 12.0 Å². The monoisotopic (exact) mass is 279 g/mol. The van der Waals surface area contributed by atoms with Gasteiger partial charge in [0.1, 0.15) is 0 Å². The van der Waals surface area contributed by atoms with E-state index in [0.717, 1.165) is 0 Å². The van der Waals surface area contributed by atoms with Gasteiger partial charge < -0.3 is 10.5 Å². The van der Waals surface area contributed by atoms with Crippen LogP contribution in [0.4, 0.5) is 8.78 Å². The van der Waals surface area contributed by atoms with Crippen LogP contribution >= 0.6 is 15.9 Å². The number of halogens is 3. The van der Waals surface area contributed by atoms with Crippen LogP contribution in [0, 0.1) is 11.6 Å². The molecule has 0 spiro atoms. The van der Waals surface area contributed by atoms with Gasteiger partial charge >= 0.3 is 0 Å². The van der Waals surface area contributed by atoms with Gasteiger partial charge in [-0.15, -0.1) is 0 Å². The number of hydrogen-bond acceptors (Lipinski definition) is 2. The van der Waals surface area contributed by atoms with Gasteiger partial charge in [0.15, 0.2) is 17.4 Å². The number of ether oxygens (including phenoxy) is 1. The zero-order valence-electron chi connectivity index (χ0n) is 8.48. The van der Waals surface area contributed by atoms with Gasteiger partial charge in [0.2, 0.25) is 0 Å². The zero-order valence-corrected chi connectivity index (χ0v) is 10.1. The molecule has 0 fully saturated rings. The SMILES string of the molecule is COc1c(F)c(Br)cc(CC(C)N)c1F. The van der Waals surface area contributed by atoms with Crippen molar-refractivity contribution in [2.45, 2.75) is 19.4 Å². The molecule has 0 saturated heterocycles. The number of hydrogen-bond donors (Lipinski definition) is 1. The average molecular weight is 280 g/mol. The maximum Gasteiger partial charge on any atom is 0.191 e. The Bertz CT molecular complexity index is 369. The minimum absolute atomic E-state index is 0.177. The fourth-order valence-electron chi connectivity index (χ4n) is 1.30. The largest absolute Gasteiger partial charge is 0.491 e. The van der Waals surface area contributed by atoms with Gasteiger partial charge in [-0.1, -0.05) is 0 Å². The van der Waals surface area contributed by atoms with Crippen molar-refractivity contribution in [3.8, 4) is 5.75 Å². The summed E-state index contributed by atoms with van der Waals surface area (Å²) in [6.45, 7) is 1.75. The highest BCUT2D eigenvalue weighted by Gasteiger charge is 2.18. The standard InChI is InChI=1S/C10H12BrF2NO/c1-5(14)3-6-4-7(11)9(13)10(15-2)8(6)12/h4-5H,3,14H2,1-2H3. The predicted molar refractivity (Wildman–Crippen MR) is 58.0 cm³/mol. The third kappa shape index (κ3) is 2.66. The first-order valence-electron chi connectivity index (χ1n) is 4.43. The number of nitrogens with two attached hydrogens (primary N) is 1. The second-order valence-electron chi connectivity index (χ2n) is 3.36. The first-order valence-corrected chi connectivity index (χ1v) is 5.22. The molecule has 0 heterocycles. The van der Waals surface area contributed by atoms with Crippen molar-refractivity contribution in [2.75, 3.05) is 7.11 Å². The third-order valence-electron chi connectivity index (χ3n) is 1.94. The molecule has 0 aliphatic heterocycles. The lowest BCUT2D eigenvalue weighted by Gasteiger charge is -2.11. The summed E-state index contributed by atoms with van der Waals surface area (Å²) >= 11 is 3.00. The van der Waals surface area contributed by atoms with Crippen LogP contribution in [0.5, 0.6) is 5.75 Å². The van der Waals surface area contributed by atoms with E-state index >= 15 is 0 Å². The summed E-state index contributed by atoms with van der Waals surface area (Å²) in [5, 5.41) is 0. The molecule has 0 aliphatic carbocycles. The number of benzene rings is 1. The van der Waals surface area contributed by atoms with Crippen LogP contribution in [0.3, 0.4) is 0 Å². The molecule has 15 heavy (non-hydrogen) atoms. The third-order valence-corrected chi connectivity index (χ3v) is 2.51. The average Bonchev–Trinajstić information content (AvgIpc) is 2.14. The van der Waals surface area contributed by atoms with E-state index in [1.807, 2.05) is 0 Å². The molecule has 1 aromatic rings. The summed E-state index contributed by atoms with van der Waals surface area (Å²) in [4.78, 5) is 0. The maximum absolute atomic E-state index is 13.6. The molecular weight excluding hydrogens is 268 g/mol. The Morgan fingerprint density at radius 3 is 2.53 bits per heavy atom. The van der Waals surface area contributed by atoms with Crippen LogP contribution in [0.2, 0.25) is 0 Å². The molecule has 2 N–H and O–H groups in total. The Morgan fingerprint density at radius 2 is 2.07 bits per heavy atom. The highest BCUT2D eigenvalue weighted by Crippen LogP contribution is 2.31. The van der Waals surface area contributed by atoms with E-state index in [-0.39, 0.29) is 16.3 Å². The lowest BCUT2D eigenvalue weighted by molar-refractivity contribution is 0.356. The van der Waals surface area contributed by atoms with Gasteiger partial charge in [-0.25, -0.2) is 8.78 Å². The van der Waals surface area contributed by atoms with Gasteiger partial charge in [0, 0.05) is 6.04 Å². The van der Waals surface area contributed by atoms with Crippen LogP contribution in [0.15, 0.2) is 10.5 Å². The summed E-state index contributed by atoms with van der Waals surface area (Å²) in [7, 11) is 1.23. The molecule has 1 unspecified atom stereocenters. The quantitative estimate of drug-likeness (QED) is 0.864. The van der Waals surface area contributed by atoms with E-state index in [2.05, 4.69) is 20.7 Å². The fraction of sp³-hybridized carbons (Fsp3) is 0.400. The van der Waals surface area contributed by atoms with Crippen LogP contribution in [-0.4, -0.2) is 13.2 Å². The van der Waals surface area contributed by atoms with Crippen molar-refractivity contribution in [3.63, 3.8) is 0 Å². The van der Waals surface area contributed by atoms with Crippen LogP contribution in [0.25, 0.3) is 0 Å². The molecular formula is C10H12BrF2NO.